The molecule has 0 aliphatic rings. The summed E-state index contributed by atoms with van der Waals surface area (Å²) in [5.41, 5.74) is -0.493. The molecule has 0 radical (unpaired) electrons. The highest BCUT2D eigenvalue weighted by Crippen LogP contribution is 2.29. The van der Waals surface area contributed by atoms with Crippen molar-refractivity contribution in [1.82, 2.24) is 14.8 Å². The lowest BCUT2D eigenvalue weighted by Crippen LogP contribution is -2.05. The Morgan fingerprint density at radius 1 is 1.22 bits per heavy atom. The van der Waals surface area contributed by atoms with Crippen molar-refractivity contribution in [2.75, 3.05) is 0 Å². The first kappa shape index (κ1) is 12.1. The smallest absolute Gasteiger partial charge is 0.416 e. The van der Waals surface area contributed by atoms with E-state index in [-0.39, 0.29) is 0 Å². The number of carboxylic acids is 1. The minimum Gasteiger partial charge on any atom is -0.475 e. The summed E-state index contributed by atoms with van der Waals surface area (Å²) in [6, 6.07) is 4.14. The Labute approximate surface area is 98.5 Å². The molecule has 1 aromatic heterocycles. The molecule has 0 aliphatic heterocycles. The van der Waals surface area contributed by atoms with Crippen molar-refractivity contribution in [2.45, 2.75) is 6.18 Å². The zero-order valence-corrected chi connectivity index (χ0v) is 8.72. The van der Waals surface area contributed by atoms with Gasteiger partial charge in [0.15, 0.2) is 0 Å². The van der Waals surface area contributed by atoms with Crippen LogP contribution in [-0.2, 0) is 6.18 Å². The zero-order valence-electron chi connectivity index (χ0n) is 8.72. The van der Waals surface area contributed by atoms with Crippen LogP contribution >= 0.6 is 0 Å². The molecule has 18 heavy (non-hydrogen) atoms. The van der Waals surface area contributed by atoms with Gasteiger partial charge in [0.1, 0.15) is 6.33 Å². The molecule has 0 amide bonds. The molecule has 1 N–H and O–H groups in total. The largest absolute Gasteiger partial charge is 0.475 e. The number of alkyl halides is 3. The van der Waals surface area contributed by atoms with Crippen LogP contribution in [0.3, 0.4) is 0 Å². The van der Waals surface area contributed by atoms with E-state index in [4.69, 9.17) is 5.11 Å². The number of aromatic carboxylic acids is 1. The quantitative estimate of drug-likeness (QED) is 0.893. The summed E-state index contributed by atoms with van der Waals surface area (Å²) in [5.74, 6) is -1.73. The van der Waals surface area contributed by atoms with Crippen LogP contribution in [0.25, 0.3) is 5.69 Å². The average Bonchev–Trinajstić information content (AvgIpc) is 2.77. The Morgan fingerprint density at radius 2 is 1.83 bits per heavy atom. The summed E-state index contributed by atoms with van der Waals surface area (Å²) in [5, 5.41) is 12.2. The fourth-order valence-electron chi connectivity index (χ4n) is 1.29. The summed E-state index contributed by atoms with van der Waals surface area (Å²) in [6.45, 7) is 0. The molecular formula is C10H6F3N3O2. The highest BCUT2D eigenvalue weighted by molar-refractivity contribution is 5.82. The second-order valence-electron chi connectivity index (χ2n) is 3.36. The molecule has 1 aromatic carbocycles. The number of hydrogen-bond donors (Lipinski definition) is 1. The van der Waals surface area contributed by atoms with Crippen LogP contribution in [-0.4, -0.2) is 25.8 Å². The van der Waals surface area contributed by atoms with E-state index in [0.29, 0.717) is 5.69 Å². The van der Waals surface area contributed by atoms with E-state index in [1.165, 1.54) is 12.1 Å². The van der Waals surface area contributed by atoms with E-state index in [9.17, 15) is 18.0 Å². The standard InChI is InChI=1S/C10H6F3N3O2/c11-10(12,13)6-1-3-7(4-2-6)16-5-14-8(15-16)9(17)18/h1-5H,(H,17,18). The van der Waals surface area contributed by atoms with Crippen molar-refractivity contribution in [2.24, 2.45) is 0 Å². The molecule has 0 spiro atoms. The lowest BCUT2D eigenvalue weighted by molar-refractivity contribution is -0.137. The van der Waals surface area contributed by atoms with Gasteiger partial charge in [0, 0.05) is 0 Å². The number of nitrogens with zero attached hydrogens (tertiary/aromatic N) is 3. The Balaban J connectivity index is 2.31. The molecule has 94 valence electrons. The summed E-state index contributed by atoms with van der Waals surface area (Å²) >= 11 is 0. The molecule has 0 atom stereocenters. The van der Waals surface area contributed by atoms with Crippen LogP contribution in [0.5, 0.6) is 0 Å². The van der Waals surface area contributed by atoms with E-state index >= 15 is 0 Å². The minimum atomic E-state index is -4.41. The Morgan fingerprint density at radius 3 is 2.28 bits per heavy atom. The summed E-state index contributed by atoms with van der Waals surface area (Å²) < 4.78 is 38.0. The van der Waals surface area contributed by atoms with Gasteiger partial charge in [0.25, 0.3) is 5.82 Å². The number of benzene rings is 1. The molecule has 2 aromatic rings. The first-order valence-electron chi connectivity index (χ1n) is 4.70. The van der Waals surface area contributed by atoms with Gasteiger partial charge in [0.05, 0.1) is 11.3 Å². The van der Waals surface area contributed by atoms with Crippen molar-refractivity contribution in [3.8, 4) is 5.69 Å². The number of hydrogen-bond acceptors (Lipinski definition) is 3. The number of aromatic nitrogens is 3. The highest BCUT2D eigenvalue weighted by atomic mass is 19.4. The van der Waals surface area contributed by atoms with Gasteiger partial charge in [0.2, 0.25) is 0 Å². The Bertz CT molecular complexity index is 575. The van der Waals surface area contributed by atoms with Crippen molar-refractivity contribution < 1.29 is 23.1 Å². The predicted octanol–water partition coefficient (Wildman–Crippen LogP) is 1.98. The maximum atomic E-state index is 12.3. The van der Waals surface area contributed by atoms with E-state index in [1.807, 2.05) is 0 Å². The Hall–Kier alpha value is -2.38. The lowest BCUT2D eigenvalue weighted by Gasteiger charge is -2.07. The number of carboxylic acid groups (broad SMARTS) is 1. The third-order valence-corrected chi connectivity index (χ3v) is 2.14. The molecule has 1 heterocycles. The molecule has 0 bridgehead atoms. The first-order valence-corrected chi connectivity index (χ1v) is 4.70. The van der Waals surface area contributed by atoms with Crippen LogP contribution in [0.1, 0.15) is 16.2 Å². The SMILES string of the molecule is O=C(O)c1ncn(-c2ccc(C(F)(F)F)cc2)n1. The molecule has 0 aliphatic carbocycles. The zero-order chi connectivity index (χ0) is 13.3. The minimum absolute atomic E-state index is 0.294. The summed E-state index contributed by atoms with van der Waals surface area (Å²) in [7, 11) is 0. The van der Waals surface area contributed by atoms with Crippen LogP contribution in [0.15, 0.2) is 30.6 Å². The molecule has 0 fully saturated rings. The van der Waals surface area contributed by atoms with Crippen molar-refractivity contribution in [3.05, 3.63) is 42.0 Å². The number of carbonyl (C=O) groups is 1. The van der Waals surface area contributed by atoms with E-state index in [2.05, 4.69) is 10.1 Å². The van der Waals surface area contributed by atoms with Crippen molar-refractivity contribution in [1.29, 1.82) is 0 Å². The van der Waals surface area contributed by atoms with Crippen molar-refractivity contribution >= 4 is 5.97 Å². The molecule has 0 unspecified atom stereocenters. The average molecular weight is 257 g/mol. The van der Waals surface area contributed by atoms with Gasteiger partial charge in [-0.05, 0) is 24.3 Å². The molecule has 0 saturated carbocycles. The second-order valence-corrected chi connectivity index (χ2v) is 3.36. The van der Waals surface area contributed by atoms with Gasteiger partial charge >= 0.3 is 12.1 Å². The maximum Gasteiger partial charge on any atom is 0.416 e. The van der Waals surface area contributed by atoms with Gasteiger partial charge in [-0.1, -0.05) is 0 Å². The summed E-state index contributed by atoms with van der Waals surface area (Å²) in [6.07, 6.45) is -3.29. The fraction of sp³-hybridized carbons (Fsp3) is 0.100. The number of rotatable bonds is 2. The highest BCUT2D eigenvalue weighted by Gasteiger charge is 2.30. The Kier molecular flexibility index (Phi) is 2.77. The monoisotopic (exact) mass is 257 g/mol. The predicted molar refractivity (Wildman–Crippen MR) is 53.3 cm³/mol. The van der Waals surface area contributed by atoms with Gasteiger partial charge in [-0.15, -0.1) is 5.10 Å². The first-order chi connectivity index (χ1) is 8.38. The third-order valence-electron chi connectivity index (χ3n) is 2.14. The normalized spacial score (nSPS) is 11.5. The molecule has 0 saturated heterocycles. The second kappa shape index (κ2) is 4.13. The van der Waals surface area contributed by atoms with E-state index in [1.54, 1.807) is 0 Å². The van der Waals surface area contributed by atoms with Crippen LogP contribution in [0.2, 0.25) is 0 Å². The van der Waals surface area contributed by atoms with E-state index in [0.717, 1.165) is 23.1 Å². The lowest BCUT2D eigenvalue weighted by atomic mass is 10.2. The van der Waals surface area contributed by atoms with Gasteiger partial charge in [-0.3, -0.25) is 0 Å². The molecular weight excluding hydrogens is 251 g/mol. The fourth-order valence-corrected chi connectivity index (χ4v) is 1.29. The van der Waals surface area contributed by atoms with Crippen molar-refractivity contribution in [3.63, 3.8) is 0 Å². The van der Waals surface area contributed by atoms with Gasteiger partial charge in [-0.2, -0.15) is 13.2 Å². The third kappa shape index (κ3) is 2.31. The maximum absolute atomic E-state index is 12.3. The molecule has 2 rings (SSSR count). The topological polar surface area (TPSA) is 68.0 Å². The van der Waals surface area contributed by atoms with Crippen LogP contribution < -0.4 is 0 Å². The van der Waals surface area contributed by atoms with Crippen LogP contribution in [0.4, 0.5) is 13.2 Å². The van der Waals surface area contributed by atoms with Gasteiger partial charge < -0.3 is 5.11 Å². The van der Waals surface area contributed by atoms with Gasteiger partial charge in [-0.25, -0.2) is 14.5 Å². The number of halogens is 3. The molecule has 5 nitrogen and oxygen atoms in total. The summed E-state index contributed by atoms with van der Waals surface area (Å²) in [4.78, 5) is 14.0. The van der Waals surface area contributed by atoms with E-state index < -0.39 is 23.5 Å². The van der Waals surface area contributed by atoms with Crippen LogP contribution in [0, 0.1) is 0 Å². The molecule has 8 heteroatoms.